The highest BCUT2D eigenvalue weighted by atomic mass is 79.9. The number of aryl methyl sites for hydroxylation is 1. The van der Waals surface area contributed by atoms with Crippen LogP contribution in [-0.2, 0) is 16.0 Å². The van der Waals surface area contributed by atoms with E-state index in [1.807, 2.05) is 31.2 Å². The van der Waals surface area contributed by atoms with Gasteiger partial charge in [0.2, 0.25) is 0 Å². The van der Waals surface area contributed by atoms with E-state index in [2.05, 4.69) is 26.0 Å². The maximum Gasteiger partial charge on any atom is 0.337 e. The molecule has 0 saturated heterocycles. The summed E-state index contributed by atoms with van der Waals surface area (Å²) in [4.78, 5) is 23.5. The Hall–Kier alpha value is -2.34. The molecule has 1 amide bonds. The molecule has 0 heterocycles. The van der Waals surface area contributed by atoms with Crippen LogP contribution in [0.5, 0.6) is 5.75 Å². The first kappa shape index (κ1) is 18.0. The van der Waals surface area contributed by atoms with Gasteiger partial charge in [-0.15, -0.1) is 0 Å². The summed E-state index contributed by atoms with van der Waals surface area (Å²) < 4.78 is 10.7. The summed E-state index contributed by atoms with van der Waals surface area (Å²) in [6, 6.07) is 12.4. The van der Waals surface area contributed by atoms with Crippen LogP contribution in [0.3, 0.4) is 0 Å². The van der Waals surface area contributed by atoms with Gasteiger partial charge >= 0.3 is 5.97 Å². The first-order chi connectivity index (χ1) is 11.5. The van der Waals surface area contributed by atoms with Crippen LogP contribution in [0.15, 0.2) is 46.9 Å². The molecule has 0 aliphatic carbocycles. The molecule has 0 unspecified atom stereocenters. The quantitative estimate of drug-likeness (QED) is 0.760. The standard InChI is InChI=1S/C18H18BrNO4/c1-3-12-6-4-5-7-15(12)20-17(21)11-24-16-9-8-13(10-14(16)19)18(22)23-2/h4-10H,3,11H2,1-2H3,(H,20,21). The van der Waals surface area contributed by atoms with Gasteiger partial charge < -0.3 is 14.8 Å². The Labute approximate surface area is 149 Å². The Morgan fingerprint density at radius 1 is 1.17 bits per heavy atom. The van der Waals surface area contributed by atoms with Gasteiger partial charge in [0.15, 0.2) is 6.61 Å². The molecule has 6 heteroatoms. The van der Waals surface area contributed by atoms with Gasteiger partial charge in [-0.1, -0.05) is 25.1 Å². The lowest BCUT2D eigenvalue weighted by molar-refractivity contribution is -0.118. The van der Waals surface area contributed by atoms with Crippen molar-refractivity contribution in [1.29, 1.82) is 0 Å². The molecule has 0 aromatic heterocycles. The Bertz CT molecular complexity index is 746. The third kappa shape index (κ3) is 4.58. The number of carbonyl (C=O) groups excluding carboxylic acids is 2. The van der Waals surface area contributed by atoms with Crippen LogP contribution in [-0.4, -0.2) is 25.6 Å². The van der Waals surface area contributed by atoms with E-state index in [1.54, 1.807) is 18.2 Å². The fourth-order valence-corrected chi connectivity index (χ4v) is 2.64. The number of esters is 1. The van der Waals surface area contributed by atoms with E-state index in [-0.39, 0.29) is 12.5 Å². The third-order valence-corrected chi connectivity index (χ3v) is 4.00. The van der Waals surface area contributed by atoms with Crippen molar-refractivity contribution in [2.75, 3.05) is 19.0 Å². The van der Waals surface area contributed by atoms with E-state index < -0.39 is 5.97 Å². The summed E-state index contributed by atoms with van der Waals surface area (Å²) >= 11 is 3.32. The zero-order chi connectivity index (χ0) is 17.5. The maximum atomic E-state index is 12.1. The number of ether oxygens (including phenoxy) is 2. The highest BCUT2D eigenvalue weighted by Gasteiger charge is 2.11. The van der Waals surface area contributed by atoms with Crippen molar-refractivity contribution >= 4 is 33.5 Å². The van der Waals surface area contributed by atoms with Crippen molar-refractivity contribution in [3.8, 4) is 5.75 Å². The molecular weight excluding hydrogens is 374 g/mol. The van der Waals surface area contributed by atoms with Gasteiger partial charge in [-0.3, -0.25) is 4.79 Å². The fourth-order valence-electron chi connectivity index (χ4n) is 2.14. The van der Waals surface area contributed by atoms with E-state index in [4.69, 9.17) is 4.74 Å². The molecule has 1 N–H and O–H groups in total. The first-order valence-electron chi connectivity index (χ1n) is 7.43. The lowest BCUT2D eigenvalue weighted by atomic mass is 10.1. The second kappa shape index (κ2) is 8.49. The number of halogens is 1. The molecule has 0 bridgehead atoms. The van der Waals surface area contributed by atoms with Gasteiger partial charge in [0.05, 0.1) is 17.1 Å². The van der Waals surface area contributed by atoms with E-state index in [0.717, 1.165) is 17.7 Å². The first-order valence-corrected chi connectivity index (χ1v) is 8.22. The Balaban J connectivity index is 1.98. The number of para-hydroxylation sites is 1. The molecule has 5 nitrogen and oxygen atoms in total. The Kier molecular flexibility index (Phi) is 6.37. The second-order valence-electron chi connectivity index (χ2n) is 4.98. The summed E-state index contributed by atoms with van der Waals surface area (Å²) in [6.45, 7) is 1.90. The summed E-state index contributed by atoms with van der Waals surface area (Å²) in [5.74, 6) is -0.211. The van der Waals surface area contributed by atoms with Crippen molar-refractivity contribution in [3.05, 3.63) is 58.1 Å². The number of anilines is 1. The third-order valence-electron chi connectivity index (χ3n) is 3.38. The normalized spacial score (nSPS) is 10.1. The summed E-state index contributed by atoms with van der Waals surface area (Å²) in [5.41, 5.74) is 2.25. The number of carbonyl (C=O) groups is 2. The predicted octanol–water partition coefficient (Wildman–Crippen LogP) is 3.82. The zero-order valence-electron chi connectivity index (χ0n) is 13.5. The number of methoxy groups -OCH3 is 1. The molecule has 0 aliphatic rings. The summed E-state index contributed by atoms with van der Waals surface area (Å²) in [6.07, 6.45) is 0.831. The Morgan fingerprint density at radius 3 is 2.58 bits per heavy atom. The number of rotatable bonds is 6. The minimum Gasteiger partial charge on any atom is -0.483 e. The summed E-state index contributed by atoms with van der Waals surface area (Å²) in [7, 11) is 1.32. The number of amides is 1. The SMILES string of the molecule is CCc1ccccc1NC(=O)COc1ccc(C(=O)OC)cc1Br. The van der Waals surface area contributed by atoms with Crippen LogP contribution < -0.4 is 10.1 Å². The Morgan fingerprint density at radius 2 is 1.92 bits per heavy atom. The van der Waals surface area contributed by atoms with Crippen molar-refractivity contribution in [3.63, 3.8) is 0 Å². The fraction of sp³-hybridized carbons (Fsp3) is 0.222. The van der Waals surface area contributed by atoms with Crippen LogP contribution in [0.2, 0.25) is 0 Å². The van der Waals surface area contributed by atoms with Crippen LogP contribution in [0.1, 0.15) is 22.8 Å². The van der Waals surface area contributed by atoms with Gasteiger partial charge in [0.25, 0.3) is 5.91 Å². The minimum atomic E-state index is -0.434. The van der Waals surface area contributed by atoms with E-state index in [0.29, 0.717) is 15.8 Å². The largest absolute Gasteiger partial charge is 0.483 e. The van der Waals surface area contributed by atoms with Crippen molar-refractivity contribution in [1.82, 2.24) is 0 Å². The van der Waals surface area contributed by atoms with E-state index in [9.17, 15) is 9.59 Å². The average molecular weight is 392 g/mol. The maximum absolute atomic E-state index is 12.1. The second-order valence-corrected chi connectivity index (χ2v) is 5.84. The lowest BCUT2D eigenvalue weighted by Crippen LogP contribution is -2.21. The molecule has 0 radical (unpaired) electrons. The molecule has 2 aromatic rings. The zero-order valence-corrected chi connectivity index (χ0v) is 15.1. The van der Waals surface area contributed by atoms with E-state index in [1.165, 1.54) is 7.11 Å². The monoisotopic (exact) mass is 391 g/mol. The number of benzene rings is 2. The van der Waals surface area contributed by atoms with Crippen LogP contribution in [0, 0.1) is 0 Å². The van der Waals surface area contributed by atoms with Gasteiger partial charge in [-0.05, 0) is 52.2 Å². The highest BCUT2D eigenvalue weighted by molar-refractivity contribution is 9.10. The van der Waals surface area contributed by atoms with Crippen LogP contribution >= 0.6 is 15.9 Å². The highest BCUT2D eigenvalue weighted by Crippen LogP contribution is 2.26. The number of hydrogen-bond donors (Lipinski definition) is 1. The van der Waals surface area contributed by atoms with Gasteiger partial charge in [0.1, 0.15) is 5.75 Å². The molecule has 2 aromatic carbocycles. The van der Waals surface area contributed by atoms with Crippen LogP contribution in [0.4, 0.5) is 5.69 Å². The topological polar surface area (TPSA) is 64.6 Å². The van der Waals surface area contributed by atoms with Gasteiger partial charge in [-0.2, -0.15) is 0 Å². The molecule has 0 atom stereocenters. The average Bonchev–Trinajstić information content (AvgIpc) is 2.60. The molecule has 0 saturated carbocycles. The molecule has 0 spiro atoms. The molecule has 2 rings (SSSR count). The minimum absolute atomic E-state index is 0.131. The van der Waals surface area contributed by atoms with Crippen LogP contribution in [0.25, 0.3) is 0 Å². The smallest absolute Gasteiger partial charge is 0.337 e. The number of hydrogen-bond acceptors (Lipinski definition) is 4. The number of nitrogens with one attached hydrogen (secondary N) is 1. The van der Waals surface area contributed by atoms with E-state index >= 15 is 0 Å². The van der Waals surface area contributed by atoms with Gasteiger partial charge in [0, 0.05) is 5.69 Å². The van der Waals surface area contributed by atoms with Crippen molar-refractivity contribution in [2.45, 2.75) is 13.3 Å². The molecular formula is C18H18BrNO4. The lowest BCUT2D eigenvalue weighted by Gasteiger charge is -2.11. The summed E-state index contributed by atoms with van der Waals surface area (Å²) in [5, 5.41) is 2.84. The van der Waals surface area contributed by atoms with Gasteiger partial charge in [-0.25, -0.2) is 4.79 Å². The van der Waals surface area contributed by atoms with Crippen molar-refractivity contribution < 1.29 is 19.1 Å². The molecule has 24 heavy (non-hydrogen) atoms. The predicted molar refractivity (Wildman–Crippen MR) is 95.4 cm³/mol. The molecule has 0 fully saturated rings. The van der Waals surface area contributed by atoms with Crippen molar-refractivity contribution in [2.24, 2.45) is 0 Å². The molecule has 126 valence electrons. The molecule has 0 aliphatic heterocycles.